The van der Waals surface area contributed by atoms with Crippen molar-refractivity contribution in [2.75, 3.05) is 49.2 Å². The van der Waals surface area contributed by atoms with Crippen molar-refractivity contribution >= 4 is 28.6 Å². The van der Waals surface area contributed by atoms with Gasteiger partial charge in [-0.1, -0.05) is 11.6 Å². The van der Waals surface area contributed by atoms with Crippen molar-refractivity contribution in [1.29, 1.82) is 0 Å². The molecule has 4 fully saturated rings. The highest BCUT2D eigenvalue weighted by atomic mass is 35.5. The second-order valence-corrected chi connectivity index (χ2v) is 7.83. The van der Waals surface area contributed by atoms with Gasteiger partial charge in [-0.15, -0.1) is 5.10 Å². The first-order valence-electron chi connectivity index (χ1n) is 9.58. The maximum Gasteiger partial charge on any atom is 0.179 e. The molecule has 2 atom stereocenters. The molecule has 0 spiro atoms. The SMILES string of the molecule is Clc1c(N2CC3CC(C2)O3)nn2c(-c3ccn[nH]3)ncc2c1N1CCOCC1. The Bertz CT molecular complexity index is 999. The van der Waals surface area contributed by atoms with E-state index in [9.17, 15) is 0 Å². The van der Waals surface area contributed by atoms with E-state index in [2.05, 4.69) is 25.0 Å². The van der Waals surface area contributed by atoms with Gasteiger partial charge in [-0.2, -0.15) is 5.10 Å². The van der Waals surface area contributed by atoms with E-state index >= 15 is 0 Å². The van der Waals surface area contributed by atoms with E-state index in [1.807, 2.05) is 16.8 Å². The first-order chi connectivity index (χ1) is 13.8. The predicted octanol–water partition coefficient (Wildman–Crippen LogP) is 1.59. The number of nitrogens with zero attached hydrogens (tertiary/aromatic N) is 6. The van der Waals surface area contributed by atoms with Crippen LogP contribution in [0, 0.1) is 0 Å². The number of ether oxygens (including phenoxy) is 2. The number of hydrogen-bond acceptors (Lipinski definition) is 7. The third-order valence-electron chi connectivity index (χ3n) is 5.71. The number of nitrogens with one attached hydrogen (secondary N) is 1. The second-order valence-electron chi connectivity index (χ2n) is 7.46. The Labute approximate surface area is 166 Å². The number of fused-ring (bicyclic) bond motifs is 3. The van der Waals surface area contributed by atoms with Crippen LogP contribution in [0.3, 0.4) is 0 Å². The Hall–Kier alpha value is -2.36. The molecule has 4 aliphatic rings. The molecule has 1 N–H and O–H groups in total. The van der Waals surface area contributed by atoms with E-state index in [1.165, 1.54) is 0 Å². The van der Waals surface area contributed by atoms with Gasteiger partial charge in [0.25, 0.3) is 0 Å². The highest BCUT2D eigenvalue weighted by Crippen LogP contribution is 2.41. The van der Waals surface area contributed by atoms with Crippen LogP contribution in [0.15, 0.2) is 18.5 Å². The molecule has 146 valence electrons. The lowest BCUT2D eigenvalue weighted by molar-refractivity contribution is -0.133. The Kier molecular flexibility index (Phi) is 3.75. The highest BCUT2D eigenvalue weighted by molar-refractivity contribution is 6.36. The van der Waals surface area contributed by atoms with E-state index < -0.39 is 0 Å². The first-order valence-corrected chi connectivity index (χ1v) is 9.96. The van der Waals surface area contributed by atoms with Gasteiger partial charge < -0.3 is 19.3 Å². The number of halogens is 1. The summed E-state index contributed by atoms with van der Waals surface area (Å²) < 4.78 is 13.2. The highest BCUT2D eigenvalue weighted by Gasteiger charge is 2.40. The average molecular weight is 402 g/mol. The van der Waals surface area contributed by atoms with Crippen molar-refractivity contribution in [3.8, 4) is 11.5 Å². The molecule has 10 heteroatoms. The van der Waals surface area contributed by atoms with Crippen LogP contribution in [0.25, 0.3) is 17.0 Å². The van der Waals surface area contributed by atoms with Crippen LogP contribution in [-0.2, 0) is 9.47 Å². The minimum atomic E-state index is 0.272. The number of imidazole rings is 1. The molecule has 9 nitrogen and oxygen atoms in total. The zero-order chi connectivity index (χ0) is 18.7. The van der Waals surface area contributed by atoms with Gasteiger partial charge in [-0.25, -0.2) is 9.50 Å². The number of morpholine rings is 2. The number of H-pyrrole nitrogens is 1. The lowest BCUT2D eigenvalue weighted by Gasteiger charge is -2.47. The van der Waals surface area contributed by atoms with E-state index in [1.54, 1.807) is 6.20 Å². The number of aromatic nitrogens is 5. The van der Waals surface area contributed by atoms with Gasteiger partial charge in [0.15, 0.2) is 11.6 Å². The van der Waals surface area contributed by atoms with E-state index in [0.29, 0.717) is 18.2 Å². The molecule has 28 heavy (non-hydrogen) atoms. The number of anilines is 2. The molecule has 4 saturated heterocycles. The molecule has 0 aromatic carbocycles. The predicted molar refractivity (Wildman–Crippen MR) is 104 cm³/mol. The van der Waals surface area contributed by atoms with E-state index in [4.69, 9.17) is 26.2 Å². The summed E-state index contributed by atoms with van der Waals surface area (Å²) in [5.41, 5.74) is 2.67. The molecule has 4 aliphatic heterocycles. The van der Waals surface area contributed by atoms with Crippen molar-refractivity contribution < 1.29 is 9.47 Å². The molecule has 0 radical (unpaired) electrons. The molecule has 7 rings (SSSR count). The monoisotopic (exact) mass is 401 g/mol. The third kappa shape index (κ3) is 2.50. The molecule has 3 aromatic rings. The Morgan fingerprint density at radius 3 is 2.64 bits per heavy atom. The summed E-state index contributed by atoms with van der Waals surface area (Å²) in [6.07, 6.45) is 5.21. The molecule has 0 amide bonds. The quantitative estimate of drug-likeness (QED) is 0.713. The fourth-order valence-electron chi connectivity index (χ4n) is 4.35. The Morgan fingerprint density at radius 2 is 1.93 bits per heavy atom. The van der Waals surface area contributed by atoms with Gasteiger partial charge in [0, 0.05) is 38.8 Å². The first kappa shape index (κ1) is 16.6. The number of hydrogen-bond donors (Lipinski definition) is 1. The van der Waals surface area contributed by atoms with Crippen molar-refractivity contribution in [3.05, 3.63) is 23.5 Å². The van der Waals surface area contributed by atoms with Gasteiger partial charge in [-0.05, 0) is 6.07 Å². The van der Waals surface area contributed by atoms with Crippen molar-refractivity contribution in [3.63, 3.8) is 0 Å². The number of aromatic amines is 1. The summed E-state index contributed by atoms with van der Waals surface area (Å²) in [6, 6.07) is 1.89. The Morgan fingerprint density at radius 1 is 1.14 bits per heavy atom. The van der Waals surface area contributed by atoms with Crippen LogP contribution in [0.5, 0.6) is 0 Å². The maximum atomic E-state index is 6.96. The van der Waals surface area contributed by atoms with Crippen LogP contribution >= 0.6 is 11.6 Å². The molecular weight excluding hydrogens is 382 g/mol. The zero-order valence-electron chi connectivity index (χ0n) is 15.2. The lowest BCUT2D eigenvalue weighted by Crippen LogP contribution is -2.57. The summed E-state index contributed by atoms with van der Waals surface area (Å²) >= 11 is 6.96. The minimum absolute atomic E-state index is 0.272. The lowest BCUT2D eigenvalue weighted by atomic mass is 9.99. The van der Waals surface area contributed by atoms with Crippen molar-refractivity contribution in [2.24, 2.45) is 0 Å². The smallest absolute Gasteiger partial charge is 0.179 e. The summed E-state index contributed by atoms with van der Waals surface area (Å²) in [5.74, 6) is 1.51. The fraction of sp³-hybridized carbons (Fsp3) is 0.500. The van der Waals surface area contributed by atoms with Crippen LogP contribution in [0.4, 0.5) is 11.5 Å². The van der Waals surface area contributed by atoms with E-state index in [0.717, 1.165) is 61.1 Å². The van der Waals surface area contributed by atoms with Crippen LogP contribution in [0.2, 0.25) is 5.02 Å². The van der Waals surface area contributed by atoms with Gasteiger partial charge >= 0.3 is 0 Å². The summed E-state index contributed by atoms with van der Waals surface area (Å²) in [5, 5.41) is 12.6. The van der Waals surface area contributed by atoms with E-state index in [-0.39, 0.29) is 12.2 Å². The largest absolute Gasteiger partial charge is 0.378 e. The summed E-state index contributed by atoms with van der Waals surface area (Å²) in [7, 11) is 0. The molecule has 7 heterocycles. The topological polar surface area (TPSA) is 83.8 Å². The van der Waals surface area contributed by atoms with Gasteiger partial charge in [-0.3, -0.25) is 5.10 Å². The number of piperidine rings is 1. The molecule has 0 aliphatic carbocycles. The third-order valence-corrected chi connectivity index (χ3v) is 6.05. The van der Waals surface area contributed by atoms with Gasteiger partial charge in [0.05, 0.1) is 37.3 Å². The van der Waals surface area contributed by atoms with Crippen LogP contribution < -0.4 is 9.80 Å². The Balaban J connectivity index is 1.54. The zero-order valence-corrected chi connectivity index (χ0v) is 16.0. The fourth-order valence-corrected chi connectivity index (χ4v) is 4.72. The second kappa shape index (κ2) is 6.33. The minimum Gasteiger partial charge on any atom is -0.378 e. The maximum absolute atomic E-state index is 6.96. The standard InChI is InChI=1S/C18H20ClN7O2/c19-15-16(24-3-5-27-6-4-24)14-8-20-17(13-1-2-21-22-13)26(14)23-18(15)25-9-11-7-12(10-25)28-11/h1-2,8,11-12H,3-7,9-10H2,(H,21,22). The molecule has 2 unspecified atom stereocenters. The summed E-state index contributed by atoms with van der Waals surface area (Å²) in [6.45, 7) is 4.57. The van der Waals surface area contributed by atoms with Gasteiger partial charge in [0.2, 0.25) is 0 Å². The molecule has 3 aromatic heterocycles. The normalized spacial score (nSPS) is 24.6. The van der Waals surface area contributed by atoms with Gasteiger partial charge in [0.1, 0.15) is 16.2 Å². The van der Waals surface area contributed by atoms with Crippen LogP contribution in [0.1, 0.15) is 6.42 Å². The average Bonchev–Trinajstić information content (AvgIpc) is 3.37. The van der Waals surface area contributed by atoms with Crippen molar-refractivity contribution in [2.45, 2.75) is 18.6 Å². The van der Waals surface area contributed by atoms with Crippen molar-refractivity contribution in [1.82, 2.24) is 24.8 Å². The molecule has 0 saturated carbocycles. The number of rotatable bonds is 3. The molecular formula is C18H20ClN7O2. The molecule has 2 bridgehead atoms. The summed E-state index contributed by atoms with van der Waals surface area (Å²) in [4.78, 5) is 9.12. The van der Waals surface area contributed by atoms with Crippen LogP contribution in [-0.4, -0.2) is 76.4 Å².